The average Bonchev–Trinajstić information content (AvgIpc) is 2.78. The molecule has 0 saturated carbocycles. The van der Waals surface area contributed by atoms with Crippen molar-refractivity contribution in [2.75, 3.05) is 10.9 Å². The molecule has 166 valence electrons. The van der Waals surface area contributed by atoms with E-state index in [4.69, 9.17) is 4.74 Å². The van der Waals surface area contributed by atoms with Crippen LogP contribution in [0.2, 0.25) is 0 Å². The van der Waals surface area contributed by atoms with E-state index in [-0.39, 0.29) is 17.4 Å². The van der Waals surface area contributed by atoms with Crippen molar-refractivity contribution in [2.24, 2.45) is 5.73 Å². The van der Waals surface area contributed by atoms with Gasteiger partial charge in [0.15, 0.2) is 0 Å². The lowest BCUT2D eigenvalue weighted by Crippen LogP contribution is -2.44. The normalized spacial score (nSPS) is 14.7. The monoisotopic (exact) mass is 450 g/mol. The van der Waals surface area contributed by atoms with Gasteiger partial charge in [-0.15, -0.1) is 0 Å². The number of anilines is 1. The van der Waals surface area contributed by atoms with Crippen molar-refractivity contribution in [2.45, 2.75) is 24.8 Å². The Hall–Kier alpha value is -3.58. The number of nitrogens with zero attached hydrogens (tertiary/aromatic N) is 1. The van der Waals surface area contributed by atoms with Crippen molar-refractivity contribution in [1.82, 2.24) is 0 Å². The molecule has 3 aromatic carbocycles. The van der Waals surface area contributed by atoms with E-state index < -0.39 is 16.1 Å². The number of carbonyl (C=O) groups is 1. The molecule has 0 radical (unpaired) electrons. The van der Waals surface area contributed by atoms with Crippen LogP contribution in [0, 0.1) is 6.92 Å². The Bertz CT molecular complexity index is 1190. The fraction of sp³-hybridized carbons (Fsp3) is 0.160. The lowest BCUT2D eigenvalue weighted by atomic mass is 10.1. The zero-order chi connectivity index (χ0) is 23.1. The molecule has 1 atom stereocenters. The molecule has 32 heavy (non-hydrogen) atoms. The highest BCUT2D eigenvalue weighted by atomic mass is 32.2. The number of primary amides is 1. The molecular weight excluding hydrogens is 424 g/mol. The van der Waals surface area contributed by atoms with E-state index in [0.717, 1.165) is 11.1 Å². The molecule has 6 nitrogen and oxygen atoms in total. The molecule has 0 aromatic heterocycles. The summed E-state index contributed by atoms with van der Waals surface area (Å²) in [6.07, 6.45) is 3.84. The highest BCUT2D eigenvalue weighted by Gasteiger charge is 2.34. The Morgan fingerprint density at radius 1 is 0.969 bits per heavy atom. The van der Waals surface area contributed by atoms with E-state index in [0.29, 0.717) is 11.4 Å². The van der Waals surface area contributed by atoms with Gasteiger partial charge in [0.05, 0.1) is 16.6 Å². The van der Waals surface area contributed by atoms with Gasteiger partial charge in [-0.1, -0.05) is 66.2 Å². The van der Waals surface area contributed by atoms with E-state index >= 15 is 0 Å². The van der Waals surface area contributed by atoms with Crippen molar-refractivity contribution in [3.8, 4) is 5.75 Å². The Labute approximate surface area is 189 Å². The third kappa shape index (κ3) is 5.56. The first-order chi connectivity index (χ1) is 15.3. The van der Waals surface area contributed by atoms with Crippen LogP contribution in [0.4, 0.5) is 5.69 Å². The molecule has 0 saturated heterocycles. The van der Waals surface area contributed by atoms with E-state index in [1.54, 1.807) is 12.1 Å². The first-order valence-electron chi connectivity index (χ1n) is 10.1. The van der Waals surface area contributed by atoms with Crippen LogP contribution in [0.15, 0.2) is 89.8 Å². The topological polar surface area (TPSA) is 89.7 Å². The number of sulfonamides is 1. The Balaban J connectivity index is 0.000000668. The van der Waals surface area contributed by atoms with Gasteiger partial charge in [-0.3, -0.25) is 9.10 Å². The zero-order valence-electron chi connectivity index (χ0n) is 18.0. The SMILES string of the molecule is CC(N)=O.Cc1ccc(S(=O)(=O)N2c3ccccc3C=CC2COc2ccccc2)cc1. The Kier molecular flexibility index (Phi) is 7.33. The summed E-state index contributed by atoms with van der Waals surface area (Å²) in [6.45, 7) is 3.46. The Morgan fingerprint density at radius 3 is 2.22 bits per heavy atom. The van der Waals surface area contributed by atoms with Crippen LogP contribution < -0.4 is 14.8 Å². The number of amides is 1. The van der Waals surface area contributed by atoms with E-state index in [2.05, 4.69) is 5.73 Å². The predicted molar refractivity (Wildman–Crippen MR) is 127 cm³/mol. The molecule has 0 spiro atoms. The number of rotatable bonds is 5. The van der Waals surface area contributed by atoms with Crippen LogP contribution in [-0.4, -0.2) is 27.0 Å². The zero-order valence-corrected chi connectivity index (χ0v) is 18.8. The number of aryl methyl sites for hydroxylation is 1. The predicted octanol–water partition coefficient (Wildman–Crippen LogP) is 4.16. The summed E-state index contributed by atoms with van der Waals surface area (Å²) in [5.74, 6) is 0.377. The highest BCUT2D eigenvalue weighted by molar-refractivity contribution is 7.92. The maximum atomic E-state index is 13.5. The van der Waals surface area contributed by atoms with Crippen LogP contribution in [0.5, 0.6) is 5.75 Å². The number of hydrogen-bond donors (Lipinski definition) is 1. The van der Waals surface area contributed by atoms with Gasteiger partial charge in [-0.05, 0) is 42.8 Å². The molecule has 1 unspecified atom stereocenters. The summed E-state index contributed by atoms with van der Waals surface area (Å²) in [4.78, 5) is 9.49. The summed E-state index contributed by atoms with van der Waals surface area (Å²) in [5, 5.41) is 0. The van der Waals surface area contributed by atoms with Crippen molar-refractivity contribution >= 4 is 27.7 Å². The smallest absolute Gasteiger partial charge is 0.264 e. The molecule has 1 heterocycles. The summed E-state index contributed by atoms with van der Waals surface area (Å²) in [5.41, 5.74) is 7.02. The number of ether oxygens (including phenoxy) is 1. The minimum absolute atomic E-state index is 0.222. The molecule has 2 N–H and O–H groups in total. The van der Waals surface area contributed by atoms with Crippen LogP contribution in [0.3, 0.4) is 0 Å². The molecule has 1 amide bonds. The van der Waals surface area contributed by atoms with Crippen molar-refractivity contribution < 1.29 is 17.9 Å². The first kappa shape index (κ1) is 23.1. The first-order valence-corrected chi connectivity index (χ1v) is 11.6. The third-order valence-corrected chi connectivity index (χ3v) is 6.57. The van der Waals surface area contributed by atoms with Crippen LogP contribution in [0.1, 0.15) is 18.1 Å². The fourth-order valence-corrected chi connectivity index (χ4v) is 4.87. The van der Waals surface area contributed by atoms with Gasteiger partial charge in [0, 0.05) is 6.92 Å². The van der Waals surface area contributed by atoms with Crippen molar-refractivity contribution in [1.29, 1.82) is 0 Å². The molecule has 3 aromatic rings. The number of nitrogens with two attached hydrogens (primary N) is 1. The van der Waals surface area contributed by atoms with E-state index in [1.165, 1.54) is 11.2 Å². The molecule has 0 bridgehead atoms. The molecular formula is C25H26N2O4S. The number of benzene rings is 3. The van der Waals surface area contributed by atoms with E-state index in [9.17, 15) is 13.2 Å². The third-order valence-electron chi connectivity index (χ3n) is 4.72. The second kappa shape index (κ2) is 10.2. The van der Waals surface area contributed by atoms with Crippen molar-refractivity contribution in [3.05, 3.63) is 96.1 Å². The summed E-state index contributed by atoms with van der Waals surface area (Å²) < 4.78 is 34.4. The lowest BCUT2D eigenvalue weighted by molar-refractivity contribution is -0.115. The van der Waals surface area contributed by atoms with Gasteiger partial charge in [-0.25, -0.2) is 8.42 Å². The highest BCUT2D eigenvalue weighted by Crippen LogP contribution is 2.34. The molecule has 7 heteroatoms. The number of carbonyl (C=O) groups excluding carboxylic acids is 1. The maximum absolute atomic E-state index is 13.5. The quantitative estimate of drug-likeness (QED) is 0.632. The summed E-state index contributed by atoms with van der Waals surface area (Å²) >= 11 is 0. The summed E-state index contributed by atoms with van der Waals surface area (Å²) in [7, 11) is -3.74. The Morgan fingerprint density at radius 2 is 1.56 bits per heavy atom. The van der Waals surface area contributed by atoms with Gasteiger partial charge < -0.3 is 10.5 Å². The largest absolute Gasteiger partial charge is 0.491 e. The summed E-state index contributed by atoms with van der Waals surface area (Å²) in [6, 6.07) is 23.4. The number of para-hydroxylation sites is 2. The average molecular weight is 451 g/mol. The van der Waals surface area contributed by atoms with Gasteiger partial charge in [0.2, 0.25) is 5.91 Å². The van der Waals surface area contributed by atoms with Crippen LogP contribution in [0.25, 0.3) is 6.08 Å². The molecule has 1 aliphatic rings. The van der Waals surface area contributed by atoms with Gasteiger partial charge >= 0.3 is 0 Å². The number of fused-ring (bicyclic) bond motifs is 1. The number of hydrogen-bond acceptors (Lipinski definition) is 4. The molecule has 1 aliphatic heterocycles. The second-order valence-electron chi connectivity index (χ2n) is 7.33. The van der Waals surface area contributed by atoms with Gasteiger partial charge in [0.25, 0.3) is 10.0 Å². The second-order valence-corrected chi connectivity index (χ2v) is 9.15. The van der Waals surface area contributed by atoms with Gasteiger partial charge in [0.1, 0.15) is 12.4 Å². The standard InChI is InChI=1S/C23H21NO3S.C2H5NO/c1-18-11-15-22(16-12-18)28(25,26)24-20(17-27-21-8-3-2-4-9-21)14-13-19-7-5-6-10-23(19)24;1-2(3)4/h2-16,20H,17H2,1H3;1H3,(H2,3,4). The molecule has 4 rings (SSSR count). The lowest BCUT2D eigenvalue weighted by Gasteiger charge is -2.34. The molecule has 0 fully saturated rings. The maximum Gasteiger partial charge on any atom is 0.264 e. The minimum Gasteiger partial charge on any atom is -0.491 e. The van der Waals surface area contributed by atoms with Crippen molar-refractivity contribution in [3.63, 3.8) is 0 Å². The minimum atomic E-state index is -3.74. The van der Waals surface area contributed by atoms with Crippen LogP contribution in [-0.2, 0) is 14.8 Å². The van der Waals surface area contributed by atoms with Crippen LogP contribution >= 0.6 is 0 Å². The fourth-order valence-electron chi connectivity index (χ4n) is 3.25. The van der Waals surface area contributed by atoms with Gasteiger partial charge in [-0.2, -0.15) is 0 Å². The van der Waals surface area contributed by atoms with E-state index in [1.807, 2.05) is 85.8 Å². The molecule has 0 aliphatic carbocycles.